The fraction of sp³-hybridized carbons (Fsp3) is 0.364. The number of nitrogens with one attached hydrogen (secondary N) is 1. The molecule has 0 heterocycles. The molecule has 31 heavy (non-hydrogen) atoms. The van der Waals surface area contributed by atoms with Crippen LogP contribution in [0.5, 0.6) is 5.75 Å². The van der Waals surface area contributed by atoms with Crippen LogP contribution in [0, 0.1) is 10.1 Å². The van der Waals surface area contributed by atoms with Crippen LogP contribution in [-0.4, -0.2) is 23.7 Å². The Hall–Kier alpha value is -2.64. The van der Waals surface area contributed by atoms with Crippen molar-refractivity contribution < 1.29 is 14.5 Å². The molecule has 0 saturated heterocycles. The van der Waals surface area contributed by atoms with Crippen LogP contribution in [0.2, 0.25) is 10.0 Å². The van der Waals surface area contributed by atoms with E-state index in [0.29, 0.717) is 28.0 Å². The number of nitro benzene ring substituents is 1. The largest absolute Gasteiger partial charge is 0.490 e. The fourth-order valence-electron chi connectivity index (χ4n) is 2.84. The highest BCUT2D eigenvalue weighted by atomic mass is 35.5. The van der Waals surface area contributed by atoms with Crippen LogP contribution in [0.4, 0.5) is 5.69 Å². The summed E-state index contributed by atoms with van der Waals surface area (Å²) in [6.07, 6.45) is 8.32. The van der Waals surface area contributed by atoms with Gasteiger partial charge in [-0.2, -0.15) is 5.10 Å². The van der Waals surface area contributed by atoms with E-state index in [0.717, 1.165) is 12.8 Å². The number of halogens is 2. The normalized spacial score (nSPS) is 10.9. The number of non-ortho nitro benzene ring substituents is 1. The molecule has 0 radical (unpaired) electrons. The van der Waals surface area contributed by atoms with E-state index < -0.39 is 10.8 Å². The van der Waals surface area contributed by atoms with Gasteiger partial charge in [0.05, 0.1) is 27.8 Å². The van der Waals surface area contributed by atoms with Gasteiger partial charge in [-0.15, -0.1) is 0 Å². The SMILES string of the molecule is CCCCCCCCOc1c(Cl)cc(/C=N/NC(=O)c2cccc([N+](=O)[O-])c2)cc1Cl. The summed E-state index contributed by atoms with van der Waals surface area (Å²) in [5.74, 6) is -0.147. The summed E-state index contributed by atoms with van der Waals surface area (Å²) in [6, 6.07) is 8.64. The number of hydrogen-bond acceptors (Lipinski definition) is 5. The Kier molecular flexibility index (Phi) is 10.3. The van der Waals surface area contributed by atoms with Crippen LogP contribution in [0.3, 0.4) is 0 Å². The van der Waals surface area contributed by atoms with Crippen molar-refractivity contribution in [1.82, 2.24) is 5.43 Å². The molecule has 0 spiro atoms. The average molecular weight is 466 g/mol. The second-order valence-electron chi connectivity index (χ2n) is 6.94. The molecule has 2 aromatic rings. The monoisotopic (exact) mass is 465 g/mol. The first-order valence-electron chi connectivity index (χ1n) is 10.1. The molecule has 0 aliphatic rings. The topological polar surface area (TPSA) is 93.8 Å². The second kappa shape index (κ2) is 12.9. The lowest BCUT2D eigenvalue weighted by Gasteiger charge is -2.10. The molecule has 0 saturated carbocycles. The summed E-state index contributed by atoms with van der Waals surface area (Å²) in [4.78, 5) is 22.3. The van der Waals surface area contributed by atoms with Gasteiger partial charge < -0.3 is 4.74 Å². The molecule has 1 N–H and O–H groups in total. The van der Waals surface area contributed by atoms with Crippen molar-refractivity contribution >= 4 is 41.0 Å². The van der Waals surface area contributed by atoms with Crippen molar-refractivity contribution in [3.63, 3.8) is 0 Å². The van der Waals surface area contributed by atoms with Gasteiger partial charge in [-0.05, 0) is 30.2 Å². The number of hydrazone groups is 1. The van der Waals surface area contributed by atoms with E-state index >= 15 is 0 Å². The molecule has 0 unspecified atom stereocenters. The van der Waals surface area contributed by atoms with Gasteiger partial charge in [0, 0.05) is 17.7 Å². The van der Waals surface area contributed by atoms with Crippen LogP contribution in [0.15, 0.2) is 41.5 Å². The molecule has 0 bridgehead atoms. The fourth-order valence-corrected chi connectivity index (χ4v) is 3.45. The molecule has 0 aliphatic carbocycles. The van der Waals surface area contributed by atoms with E-state index in [1.165, 1.54) is 56.2 Å². The third-order valence-corrected chi connectivity index (χ3v) is 5.03. The Balaban J connectivity index is 1.89. The number of amides is 1. The summed E-state index contributed by atoms with van der Waals surface area (Å²) in [5.41, 5.74) is 2.84. The minimum Gasteiger partial charge on any atom is -0.490 e. The van der Waals surface area contributed by atoms with Crippen LogP contribution in [0.25, 0.3) is 0 Å². The first-order chi connectivity index (χ1) is 14.9. The van der Waals surface area contributed by atoms with Crippen molar-refractivity contribution in [2.45, 2.75) is 45.4 Å². The molecule has 0 fully saturated rings. The summed E-state index contributed by atoms with van der Waals surface area (Å²) in [6.45, 7) is 2.73. The number of nitrogens with zero attached hydrogens (tertiary/aromatic N) is 2. The summed E-state index contributed by atoms with van der Waals surface area (Å²) in [7, 11) is 0. The maximum absolute atomic E-state index is 12.1. The number of carbonyl (C=O) groups is 1. The zero-order valence-corrected chi connectivity index (χ0v) is 18.8. The molecule has 0 aliphatic heterocycles. The van der Waals surface area contributed by atoms with Gasteiger partial charge in [0.25, 0.3) is 11.6 Å². The lowest BCUT2D eigenvalue weighted by molar-refractivity contribution is -0.384. The van der Waals surface area contributed by atoms with E-state index in [9.17, 15) is 14.9 Å². The Morgan fingerprint density at radius 3 is 2.48 bits per heavy atom. The first kappa shape index (κ1) is 24.6. The van der Waals surface area contributed by atoms with Crippen LogP contribution >= 0.6 is 23.2 Å². The average Bonchev–Trinajstić information content (AvgIpc) is 2.74. The third kappa shape index (κ3) is 8.19. The van der Waals surface area contributed by atoms with E-state index in [4.69, 9.17) is 27.9 Å². The molecule has 2 rings (SSSR count). The Morgan fingerprint density at radius 1 is 1.13 bits per heavy atom. The Bertz CT molecular complexity index is 912. The van der Waals surface area contributed by atoms with Gasteiger partial charge >= 0.3 is 0 Å². The maximum atomic E-state index is 12.1. The van der Waals surface area contributed by atoms with E-state index in [1.807, 2.05) is 0 Å². The molecule has 166 valence electrons. The minimum absolute atomic E-state index is 0.126. The van der Waals surface area contributed by atoms with Gasteiger partial charge in [-0.3, -0.25) is 14.9 Å². The number of unbranched alkanes of at least 4 members (excludes halogenated alkanes) is 5. The van der Waals surface area contributed by atoms with E-state index in [2.05, 4.69) is 17.5 Å². The summed E-state index contributed by atoms with van der Waals surface area (Å²) >= 11 is 12.6. The maximum Gasteiger partial charge on any atom is 0.271 e. The van der Waals surface area contributed by atoms with Crippen molar-refractivity contribution in [2.24, 2.45) is 5.10 Å². The Morgan fingerprint density at radius 2 is 1.81 bits per heavy atom. The van der Waals surface area contributed by atoms with Crippen LogP contribution in [0.1, 0.15) is 61.4 Å². The predicted octanol–water partition coefficient (Wildman–Crippen LogP) is 6.40. The number of carbonyl (C=O) groups excluding carboxylic acids is 1. The number of ether oxygens (including phenoxy) is 1. The zero-order valence-electron chi connectivity index (χ0n) is 17.3. The van der Waals surface area contributed by atoms with E-state index in [1.54, 1.807) is 12.1 Å². The molecular formula is C22H25Cl2N3O4. The lowest BCUT2D eigenvalue weighted by atomic mass is 10.1. The molecular weight excluding hydrogens is 441 g/mol. The quantitative estimate of drug-likeness (QED) is 0.169. The van der Waals surface area contributed by atoms with Crippen molar-refractivity contribution in [3.05, 3.63) is 67.7 Å². The predicted molar refractivity (Wildman–Crippen MR) is 123 cm³/mol. The van der Waals surface area contributed by atoms with Crippen molar-refractivity contribution in [3.8, 4) is 5.75 Å². The van der Waals surface area contributed by atoms with Crippen LogP contribution in [-0.2, 0) is 0 Å². The third-order valence-electron chi connectivity index (χ3n) is 4.46. The number of nitro groups is 1. The highest BCUT2D eigenvalue weighted by Gasteiger charge is 2.11. The van der Waals surface area contributed by atoms with E-state index in [-0.39, 0.29) is 11.3 Å². The number of rotatable bonds is 12. The Labute approximate surface area is 191 Å². The first-order valence-corrected chi connectivity index (χ1v) is 10.9. The number of hydrogen-bond donors (Lipinski definition) is 1. The molecule has 0 atom stereocenters. The van der Waals surface area contributed by atoms with Gasteiger partial charge in [0.2, 0.25) is 0 Å². The van der Waals surface area contributed by atoms with Crippen LogP contribution < -0.4 is 10.2 Å². The summed E-state index contributed by atoms with van der Waals surface area (Å²) < 4.78 is 5.73. The zero-order chi connectivity index (χ0) is 22.6. The smallest absolute Gasteiger partial charge is 0.271 e. The number of benzene rings is 2. The molecule has 2 aromatic carbocycles. The van der Waals surface area contributed by atoms with Gasteiger partial charge in [0.15, 0.2) is 5.75 Å². The van der Waals surface area contributed by atoms with Gasteiger partial charge in [-0.25, -0.2) is 5.43 Å². The lowest BCUT2D eigenvalue weighted by Crippen LogP contribution is -2.17. The minimum atomic E-state index is -0.573. The molecule has 1 amide bonds. The molecule has 7 nitrogen and oxygen atoms in total. The van der Waals surface area contributed by atoms with Gasteiger partial charge in [0.1, 0.15) is 0 Å². The highest BCUT2D eigenvalue weighted by Crippen LogP contribution is 2.34. The van der Waals surface area contributed by atoms with Crippen molar-refractivity contribution in [2.75, 3.05) is 6.61 Å². The van der Waals surface area contributed by atoms with Gasteiger partial charge in [-0.1, -0.05) is 68.3 Å². The highest BCUT2D eigenvalue weighted by molar-refractivity contribution is 6.37. The standard InChI is InChI=1S/C22H25Cl2N3O4/c1-2-3-4-5-6-7-11-31-21-19(23)12-16(13-20(21)24)15-25-26-22(28)17-9-8-10-18(14-17)27(29)30/h8-10,12-15H,2-7,11H2,1H3,(H,26,28)/b25-15+. The summed E-state index contributed by atoms with van der Waals surface area (Å²) in [5, 5.41) is 15.4. The molecule has 9 heteroatoms. The van der Waals surface area contributed by atoms with Crippen molar-refractivity contribution in [1.29, 1.82) is 0 Å². The molecule has 0 aromatic heterocycles. The second-order valence-corrected chi connectivity index (χ2v) is 7.75.